The molecule has 1 rings (SSSR count). The summed E-state index contributed by atoms with van der Waals surface area (Å²) in [6, 6.07) is -0.527. The van der Waals surface area contributed by atoms with Gasteiger partial charge in [0.1, 0.15) is 6.04 Å². The minimum Gasteiger partial charge on any atom is -0.480 e. The van der Waals surface area contributed by atoms with Gasteiger partial charge < -0.3 is 15.2 Å². The van der Waals surface area contributed by atoms with Gasteiger partial charge in [-0.1, -0.05) is 0 Å². The van der Waals surface area contributed by atoms with E-state index in [1.165, 1.54) is 0 Å². The van der Waals surface area contributed by atoms with Gasteiger partial charge in [0.15, 0.2) is 6.61 Å². The maximum absolute atomic E-state index is 12.2. The summed E-state index contributed by atoms with van der Waals surface area (Å²) in [7, 11) is 0. The van der Waals surface area contributed by atoms with E-state index in [2.05, 4.69) is 9.72 Å². The second kappa shape index (κ2) is 7.36. The molecular weight excluding hydrogens is 350 g/mol. The zero-order valence-electron chi connectivity index (χ0n) is 11.6. The minimum absolute atomic E-state index is 0.407. The third-order valence-electron chi connectivity index (χ3n) is 2.42. The number of aliphatic carboxylic acids is 1. The molecular formula is C12H10F6N2O4. The zero-order chi connectivity index (χ0) is 18.5. The molecule has 134 valence electrons. The van der Waals surface area contributed by atoms with Crippen molar-refractivity contribution >= 4 is 11.9 Å². The second-order valence-corrected chi connectivity index (χ2v) is 4.47. The van der Waals surface area contributed by atoms with Crippen LogP contribution in [0.1, 0.15) is 16.8 Å². The van der Waals surface area contributed by atoms with E-state index in [1.54, 1.807) is 5.32 Å². The summed E-state index contributed by atoms with van der Waals surface area (Å²) in [4.78, 5) is 25.9. The first-order valence-electron chi connectivity index (χ1n) is 6.13. The number of halogens is 6. The third kappa shape index (κ3) is 7.15. The molecule has 0 saturated heterocycles. The van der Waals surface area contributed by atoms with Gasteiger partial charge in [0, 0.05) is 17.8 Å². The Balaban J connectivity index is 2.81. The molecule has 0 radical (unpaired) electrons. The van der Waals surface area contributed by atoms with Crippen LogP contribution in [0.5, 0.6) is 5.88 Å². The van der Waals surface area contributed by atoms with Crippen LogP contribution in [-0.2, 0) is 4.79 Å². The van der Waals surface area contributed by atoms with Gasteiger partial charge >= 0.3 is 18.3 Å². The zero-order valence-corrected chi connectivity index (χ0v) is 11.6. The van der Waals surface area contributed by atoms with E-state index in [0.29, 0.717) is 0 Å². The number of hydrogen-bond donors (Lipinski definition) is 2. The summed E-state index contributed by atoms with van der Waals surface area (Å²) in [6.45, 7) is -1.68. The lowest BCUT2D eigenvalue weighted by Crippen LogP contribution is -2.43. The Bertz CT molecular complexity index is 602. The van der Waals surface area contributed by atoms with Crippen molar-refractivity contribution in [2.24, 2.45) is 0 Å². The molecule has 0 aromatic carbocycles. The van der Waals surface area contributed by atoms with Crippen LogP contribution in [0.15, 0.2) is 18.3 Å². The van der Waals surface area contributed by atoms with Crippen molar-refractivity contribution in [1.29, 1.82) is 0 Å². The van der Waals surface area contributed by atoms with Gasteiger partial charge in [0.05, 0.1) is 6.42 Å². The third-order valence-corrected chi connectivity index (χ3v) is 2.42. The average Bonchev–Trinajstić information content (AvgIpc) is 2.42. The predicted octanol–water partition coefficient (Wildman–Crippen LogP) is 2.16. The van der Waals surface area contributed by atoms with Crippen molar-refractivity contribution in [2.45, 2.75) is 24.8 Å². The number of carboxylic acids is 1. The standard InChI is InChI=1S/C12H10F6N2O4/c13-11(14,15)4-7(10(22)23)20-9(21)6-1-2-19-8(3-6)24-5-12(16,17)18/h1-3,7H,4-5H2,(H,20,21)(H,22,23). The van der Waals surface area contributed by atoms with E-state index in [0.717, 1.165) is 18.3 Å². The number of hydrogen-bond acceptors (Lipinski definition) is 4. The molecule has 24 heavy (non-hydrogen) atoms. The van der Waals surface area contributed by atoms with Gasteiger partial charge in [0.25, 0.3) is 5.91 Å². The number of alkyl halides is 6. The number of nitrogens with one attached hydrogen (secondary N) is 1. The van der Waals surface area contributed by atoms with Crippen molar-refractivity contribution < 1.29 is 45.8 Å². The molecule has 12 heteroatoms. The highest BCUT2D eigenvalue weighted by atomic mass is 19.4. The van der Waals surface area contributed by atoms with Crippen LogP contribution < -0.4 is 10.1 Å². The maximum Gasteiger partial charge on any atom is 0.422 e. The number of amides is 1. The van der Waals surface area contributed by atoms with Crippen molar-refractivity contribution in [3.63, 3.8) is 0 Å². The topological polar surface area (TPSA) is 88.5 Å². The Kier molecular flexibility index (Phi) is 5.99. The number of aromatic nitrogens is 1. The van der Waals surface area contributed by atoms with Crippen molar-refractivity contribution in [2.75, 3.05) is 6.61 Å². The number of ether oxygens (including phenoxy) is 1. The van der Waals surface area contributed by atoms with Crippen LogP contribution in [0.2, 0.25) is 0 Å². The van der Waals surface area contributed by atoms with Crippen LogP contribution in [0.25, 0.3) is 0 Å². The van der Waals surface area contributed by atoms with E-state index >= 15 is 0 Å². The van der Waals surface area contributed by atoms with Crippen LogP contribution in [0.3, 0.4) is 0 Å². The highest BCUT2D eigenvalue weighted by Crippen LogP contribution is 2.22. The molecule has 6 nitrogen and oxygen atoms in total. The molecule has 1 amide bonds. The summed E-state index contributed by atoms with van der Waals surface area (Å²) in [6.07, 6.45) is -10.4. The summed E-state index contributed by atoms with van der Waals surface area (Å²) in [5.74, 6) is -3.74. The lowest BCUT2D eigenvalue weighted by atomic mass is 10.1. The molecule has 1 aromatic rings. The van der Waals surface area contributed by atoms with Crippen LogP contribution in [-0.4, -0.2) is 47.0 Å². The highest BCUT2D eigenvalue weighted by Gasteiger charge is 2.36. The first-order valence-corrected chi connectivity index (χ1v) is 6.13. The Morgan fingerprint density at radius 3 is 2.33 bits per heavy atom. The normalized spacial score (nSPS) is 13.2. The molecule has 2 N–H and O–H groups in total. The summed E-state index contributed by atoms with van der Waals surface area (Å²) in [5.41, 5.74) is -0.407. The predicted molar refractivity (Wildman–Crippen MR) is 65.3 cm³/mol. The van der Waals surface area contributed by atoms with Crippen LogP contribution in [0.4, 0.5) is 26.3 Å². The summed E-state index contributed by atoms with van der Waals surface area (Å²) >= 11 is 0. The van der Waals surface area contributed by atoms with Gasteiger partial charge in [-0.2, -0.15) is 26.3 Å². The van der Waals surface area contributed by atoms with Crippen molar-refractivity contribution in [1.82, 2.24) is 10.3 Å². The molecule has 0 aliphatic carbocycles. The fourth-order valence-corrected chi connectivity index (χ4v) is 1.46. The molecule has 1 atom stereocenters. The fraction of sp³-hybridized carbons (Fsp3) is 0.417. The quantitative estimate of drug-likeness (QED) is 0.759. The molecule has 0 aliphatic heterocycles. The Morgan fingerprint density at radius 2 is 1.83 bits per heavy atom. The molecule has 0 saturated carbocycles. The summed E-state index contributed by atoms with van der Waals surface area (Å²) in [5, 5.41) is 10.3. The number of carboxylic acid groups (broad SMARTS) is 1. The fourth-order valence-electron chi connectivity index (χ4n) is 1.46. The van der Waals surface area contributed by atoms with Crippen LogP contribution >= 0.6 is 0 Å². The minimum atomic E-state index is -4.84. The van der Waals surface area contributed by atoms with Crippen LogP contribution in [0, 0.1) is 0 Å². The van der Waals surface area contributed by atoms with E-state index in [9.17, 15) is 35.9 Å². The van der Waals surface area contributed by atoms with Gasteiger partial charge in [-0.3, -0.25) is 4.79 Å². The van der Waals surface area contributed by atoms with E-state index in [1.807, 2.05) is 0 Å². The number of nitrogens with zero attached hydrogens (tertiary/aromatic N) is 1. The first kappa shape index (κ1) is 19.5. The lowest BCUT2D eigenvalue weighted by Gasteiger charge is -2.16. The van der Waals surface area contributed by atoms with E-state index < -0.39 is 54.7 Å². The number of carbonyl (C=O) groups excluding carboxylic acids is 1. The Labute approximate surface area is 130 Å². The molecule has 0 fully saturated rings. The van der Waals surface area contributed by atoms with Gasteiger partial charge in [-0.05, 0) is 6.07 Å². The van der Waals surface area contributed by atoms with Crippen molar-refractivity contribution in [3.8, 4) is 5.88 Å². The molecule has 1 heterocycles. The number of carbonyl (C=O) groups is 2. The SMILES string of the molecule is O=C(NC(CC(F)(F)F)C(=O)O)c1ccnc(OCC(F)(F)F)c1. The molecule has 0 spiro atoms. The molecule has 1 unspecified atom stereocenters. The largest absolute Gasteiger partial charge is 0.480 e. The van der Waals surface area contributed by atoms with Crippen molar-refractivity contribution in [3.05, 3.63) is 23.9 Å². The van der Waals surface area contributed by atoms with Gasteiger partial charge in [-0.15, -0.1) is 0 Å². The van der Waals surface area contributed by atoms with Gasteiger partial charge in [-0.25, -0.2) is 9.78 Å². The first-order chi connectivity index (χ1) is 10.9. The smallest absolute Gasteiger partial charge is 0.422 e. The molecule has 0 bridgehead atoms. The van der Waals surface area contributed by atoms with E-state index in [4.69, 9.17) is 5.11 Å². The Morgan fingerprint density at radius 1 is 1.21 bits per heavy atom. The Hall–Kier alpha value is -2.53. The van der Waals surface area contributed by atoms with E-state index in [-0.39, 0.29) is 0 Å². The maximum atomic E-state index is 12.2. The second-order valence-electron chi connectivity index (χ2n) is 4.47. The lowest BCUT2D eigenvalue weighted by molar-refractivity contribution is -0.157. The average molecular weight is 360 g/mol. The highest BCUT2D eigenvalue weighted by molar-refractivity contribution is 5.96. The van der Waals surface area contributed by atoms with Gasteiger partial charge in [0.2, 0.25) is 5.88 Å². The number of rotatable bonds is 6. The summed E-state index contributed by atoms with van der Waals surface area (Å²) < 4.78 is 77.1. The molecule has 1 aromatic heterocycles. The molecule has 0 aliphatic rings. The monoisotopic (exact) mass is 360 g/mol. The number of pyridine rings is 1.